The van der Waals surface area contributed by atoms with Gasteiger partial charge in [0.25, 0.3) is 0 Å². The van der Waals surface area contributed by atoms with Crippen LogP contribution in [0.5, 0.6) is 0 Å². The fraction of sp³-hybridized carbons (Fsp3) is 0. The zero-order chi connectivity index (χ0) is 59.5. The second-order valence-electron chi connectivity index (χ2n) is 23.1. The summed E-state index contributed by atoms with van der Waals surface area (Å²) >= 11 is 0. The Hall–Kier alpha value is -12.0. The summed E-state index contributed by atoms with van der Waals surface area (Å²) in [7, 11) is 0. The molecule has 0 spiro atoms. The number of rotatable bonds is 12. The first kappa shape index (κ1) is 52.4. The van der Waals surface area contributed by atoms with E-state index in [9.17, 15) is 0 Å². The zero-order valence-corrected chi connectivity index (χ0v) is 49.0. The third kappa shape index (κ3) is 9.25. The van der Waals surface area contributed by atoms with Crippen LogP contribution in [0.2, 0.25) is 0 Å². The Bertz CT molecular complexity index is 5530. The Morgan fingerprint density at radius 2 is 0.578 bits per heavy atom. The van der Waals surface area contributed by atoms with Crippen molar-refractivity contribution in [3.05, 3.63) is 340 Å². The molecular weight excluding hydrogens is 1090 g/mol. The van der Waals surface area contributed by atoms with Gasteiger partial charge in [-0.05, 0) is 163 Å². The molecule has 17 rings (SSSR count). The summed E-state index contributed by atoms with van der Waals surface area (Å²) in [6.07, 6.45) is 0. The highest BCUT2D eigenvalue weighted by Crippen LogP contribution is 2.50. The van der Waals surface area contributed by atoms with Gasteiger partial charge >= 0.3 is 0 Å². The van der Waals surface area contributed by atoms with Gasteiger partial charge in [-0.25, -0.2) is 0 Å². The van der Waals surface area contributed by atoms with Gasteiger partial charge in [0, 0.05) is 49.8 Å². The Labute approximate surface area is 521 Å². The molecule has 2 aromatic heterocycles. The van der Waals surface area contributed by atoms with Crippen molar-refractivity contribution in [2.24, 2.45) is 0 Å². The molecule has 0 saturated carbocycles. The first-order valence-electron chi connectivity index (χ1n) is 30.7. The van der Waals surface area contributed by atoms with E-state index in [2.05, 4.69) is 350 Å². The average molecular weight is 1150 g/mol. The van der Waals surface area contributed by atoms with Gasteiger partial charge in [-0.15, -0.1) is 0 Å². The average Bonchev–Trinajstić information content (AvgIpc) is 1.54. The van der Waals surface area contributed by atoms with Gasteiger partial charge in [0.1, 0.15) is 22.3 Å². The van der Waals surface area contributed by atoms with Crippen LogP contribution in [0.25, 0.3) is 132 Å². The molecular formula is C86H56N2O2. The zero-order valence-electron chi connectivity index (χ0n) is 49.0. The van der Waals surface area contributed by atoms with Gasteiger partial charge in [0.2, 0.25) is 0 Å². The summed E-state index contributed by atoms with van der Waals surface area (Å²) in [6, 6.07) is 122. The van der Waals surface area contributed by atoms with E-state index in [4.69, 9.17) is 8.83 Å². The van der Waals surface area contributed by atoms with Crippen LogP contribution >= 0.6 is 0 Å². The minimum atomic E-state index is 0.781. The minimum absolute atomic E-state index is 0.781. The molecule has 0 atom stereocenters. The molecule has 422 valence electrons. The summed E-state index contributed by atoms with van der Waals surface area (Å²) in [6.45, 7) is 0. The molecule has 4 nitrogen and oxygen atoms in total. The van der Waals surface area contributed by atoms with Crippen molar-refractivity contribution < 1.29 is 8.83 Å². The van der Waals surface area contributed by atoms with Gasteiger partial charge in [-0.2, -0.15) is 0 Å². The van der Waals surface area contributed by atoms with Gasteiger partial charge < -0.3 is 18.6 Å². The molecule has 0 aliphatic heterocycles. The van der Waals surface area contributed by atoms with Crippen LogP contribution in [0.3, 0.4) is 0 Å². The van der Waals surface area contributed by atoms with Crippen molar-refractivity contribution in [3.63, 3.8) is 0 Å². The number of nitrogens with zero attached hydrogens (tertiary/aromatic N) is 2. The fourth-order valence-electron chi connectivity index (χ4n) is 13.5. The molecule has 0 aliphatic carbocycles. The van der Waals surface area contributed by atoms with Crippen molar-refractivity contribution in [1.82, 2.24) is 0 Å². The van der Waals surface area contributed by atoms with E-state index in [1.165, 1.54) is 11.1 Å². The topological polar surface area (TPSA) is 32.8 Å². The van der Waals surface area contributed by atoms with Crippen molar-refractivity contribution in [2.75, 3.05) is 9.80 Å². The molecule has 0 unspecified atom stereocenters. The maximum absolute atomic E-state index is 7.13. The molecule has 17 aromatic rings. The molecule has 0 N–H and O–H groups in total. The largest absolute Gasteiger partial charge is 0.456 e. The highest BCUT2D eigenvalue weighted by atomic mass is 16.3. The van der Waals surface area contributed by atoms with E-state index in [0.717, 1.165) is 155 Å². The van der Waals surface area contributed by atoms with E-state index >= 15 is 0 Å². The van der Waals surface area contributed by atoms with Crippen molar-refractivity contribution in [3.8, 4) is 66.8 Å². The molecule has 0 fully saturated rings. The first-order chi connectivity index (χ1) is 44.6. The summed E-state index contributed by atoms with van der Waals surface area (Å²) in [5.41, 5.74) is 23.3. The predicted octanol–water partition coefficient (Wildman–Crippen LogP) is 24.7. The maximum Gasteiger partial charge on any atom is 0.147 e. The maximum atomic E-state index is 7.13. The van der Waals surface area contributed by atoms with Crippen molar-refractivity contribution >= 4 is 99.5 Å². The number of para-hydroxylation sites is 2. The third-order valence-corrected chi connectivity index (χ3v) is 17.8. The van der Waals surface area contributed by atoms with Crippen LogP contribution < -0.4 is 9.80 Å². The number of anilines is 6. The van der Waals surface area contributed by atoms with Gasteiger partial charge in [-0.1, -0.05) is 243 Å². The Morgan fingerprint density at radius 3 is 1.03 bits per heavy atom. The van der Waals surface area contributed by atoms with Crippen LogP contribution in [-0.2, 0) is 0 Å². The first-order valence-corrected chi connectivity index (χ1v) is 30.7. The lowest BCUT2D eigenvalue weighted by Gasteiger charge is -2.30. The Kier molecular flexibility index (Phi) is 12.8. The molecule has 0 amide bonds. The van der Waals surface area contributed by atoms with E-state index in [-0.39, 0.29) is 0 Å². The summed E-state index contributed by atoms with van der Waals surface area (Å²) in [5, 5.41) is 8.44. The van der Waals surface area contributed by atoms with E-state index in [1.54, 1.807) is 0 Å². The molecule has 4 heteroatoms. The van der Waals surface area contributed by atoms with Crippen LogP contribution in [0, 0.1) is 0 Å². The lowest BCUT2D eigenvalue weighted by atomic mass is 9.95. The van der Waals surface area contributed by atoms with Crippen LogP contribution in [0.15, 0.2) is 349 Å². The molecule has 15 aromatic carbocycles. The second kappa shape index (κ2) is 22.1. The van der Waals surface area contributed by atoms with Crippen LogP contribution in [0.4, 0.5) is 34.1 Å². The highest BCUT2D eigenvalue weighted by molar-refractivity contribution is 6.24. The van der Waals surface area contributed by atoms with Crippen LogP contribution in [0.1, 0.15) is 0 Å². The Morgan fingerprint density at radius 1 is 0.200 bits per heavy atom. The number of benzene rings is 15. The quantitative estimate of drug-likeness (QED) is 0.122. The minimum Gasteiger partial charge on any atom is -0.456 e. The molecule has 2 heterocycles. The molecule has 0 saturated heterocycles. The normalized spacial score (nSPS) is 11.6. The number of furan rings is 2. The molecule has 0 bridgehead atoms. The molecule has 0 radical (unpaired) electrons. The van der Waals surface area contributed by atoms with E-state index < -0.39 is 0 Å². The molecule has 90 heavy (non-hydrogen) atoms. The third-order valence-electron chi connectivity index (χ3n) is 17.8. The van der Waals surface area contributed by atoms with Crippen molar-refractivity contribution in [2.45, 2.75) is 0 Å². The van der Waals surface area contributed by atoms with Crippen molar-refractivity contribution in [1.29, 1.82) is 0 Å². The lowest BCUT2D eigenvalue weighted by Crippen LogP contribution is -2.12. The van der Waals surface area contributed by atoms with Gasteiger partial charge in [0.05, 0.1) is 28.1 Å². The monoisotopic (exact) mass is 1150 g/mol. The Balaban J connectivity index is 0.807. The van der Waals surface area contributed by atoms with Gasteiger partial charge in [0.15, 0.2) is 0 Å². The lowest BCUT2D eigenvalue weighted by molar-refractivity contribution is 0.663. The van der Waals surface area contributed by atoms with E-state index in [1.807, 2.05) is 0 Å². The number of fused-ring (bicyclic) bond motifs is 9. The molecule has 0 aliphatic rings. The fourth-order valence-corrected chi connectivity index (χ4v) is 13.5. The van der Waals surface area contributed by atoms with Crippen LogP contribution in [-0.4, -0.2) is 0 Å². The predicted molar refractivity (Wildman–Crippen MR) is 378 cm³/mol. The summed E-state index contributed by atoms with van der Waals surface area (Å²) in [4.78, 5) is 4.86. The highest BCUT2D eigenvalue weighted by Gasteiger charge is 2.25. The SMILES string of the molecule is c1ccc(-c2ccc(N(c3ccc4cc5c(cc4c3)oc3c5ccc4oc5cc6cc(N(c7ccccc7-c7ccccc7)c7ccc(-c8ccccc8)cc7-c7ccccc7)ccc6cc5c43)c3ccccc3-c3ccccc3)c(-c3ccccc3)c2)cc1. The van der Waals surface area contributed by atoms with Gasteiger partial charge in [-0.3, -0.25) is 0 Å². The standard InChI is InChI=1S/C86H56N2O2/c1-7-23-57(24-8-1)63-41-46-80(74(51-63)61-31-15-5-16-32-61)87(78-37-21-19-35-71(78)59-27-11-3-12-28-59)69-43-39-65-53-76-73-45-48-82-85(86(73)90-83(76)55-67(65)49-69)77-54-66-40-44-70(50-68(66)56-84(77)89-82)88(79-38-22-20-36-72(79)60-29-13-4-14-30-60)81-47-42-64(58-25-9-2-10-26-58)52-75(81)62-33-17-6-18-34-62/h1-56H. The summed E-state index contributed by atoms with van der Waals surface area (Å²) in [5.74, 6) is 0. The van der Waals surface area contributed by atoms with E-state index in [0.29, 0.717) is 0 Å². The number of hydrogen-bond donors (Lipinski definition) is 0. The number of hydrogen-bond acceptors (Lipinski definition) is 4. The second-order valence-corrected chi connectivity index (χ2v) is 23.1. The smallest absolute Gasteiger partial charge is 0.147 e. The summed E-state index contributed by atoms with van der Waals surface area (Å²) < 4.78 is 14.0.